The van der Waals surface area contributed by atoms with Gasteiger partial charge in [-0.25, -0.2) is 0 Å². The first kappa shape index (κ1) is 14.6. The summed E-state index contributed by atoms with van der Waals surface area (Å²) in [4.78, 5) is 15.8. The van der Waals surface area contributed by atoms with E-state index in [-0.39, 0.29) is 16.7 Å². The molecule has 5 nitrogen and oxygen atoms in total. The van der Waals surface area contributed by atoms with Gasteiger partial charge in [-0.3, -0.25) is 10.1 Å². The van der Waals surface area contributed by atoms with E-state index in [0.29, 0.717) is 18.1 Å². The Balaban J connectivity index is 2.71. The van der Waals surface area contributed by atoms with Gasteiger partial charge >= 0.3 is 0 Å². The molecule has 0 bridgehead atoms. The van der Waals surface area contributed by atoms with Crippen molar-refractivity contribution < 1.29 is 9.76 Å². The molecule has 0 saturated carbocycles. The quantitative estimate of drug-likeness (QED) is 0.624. The van der Waals surface area contributed by atoms with Gasteiger partial charge in [0.2, 0.25) is 0 Å². The summed E-state index contributed by atoms with van der Waals surface area (Å²) in [6, 6.07) is 5.14. The molecule has 1 rings (SSSR count). The molecular weight excluding hydrogens is 232 g/mol. The van der Waals surface area contributed by atoms with E-state index in [2.05, 4.69) is 19.3 Å². The van der Waals surface area contributed by atoms with Crippen molar-refractivity contribution in [1.29, 1.82) is 0 Å². The second-order valence-corrected chi connectivity index (χ2v) is 4.85. The van der Waals surface area contributed by atoms with Gasteiger partial charge in [0, 0.05) is 11.6 Å². The summed E-state index contributed by atoms with van der Waals surface area (Å²) in [7, 11) is 0. The van der Waals surface area contributed by atoms with Crippen molar-refractivity contribution >= 4 is 5.69 Å². The van der Waals surface area contributed by atoms with Gasteiger partial charge < -0.3 is 4.84 Å². The maximum atomic E-state index is 10.9. The molecule has 5 heteroatoms. The molecule has 100 valence electrons. The first-order valence-corrected chi connectivity index (χ1v) is 6.04. The van der Waals surface area contributed by atoms with Crippen LogP contribution in [0.25, 0.3) is 0 Å². The van der Waals surface area contributed by atoms with Crippen molar-refractivity contribution in [2.45, 2.75) is 33.7 Å². The fraction of sp³-hybridized carbons (Fsp3) is 0.538. The molecule has 0 aliphatic rings. The molecule has 1 aromatic rings. The molecule has 0 spiro atoms. The van der Waals surface area contributed by atoms with Gasteiger partial charge in [-0.1, -0.05) is 26.0 Å². The number of nitrogens with zero attached hydrogens (tertiary/aromatic N) is 1. The number of hydrogen-bond acceptors (Lipinski definition) is 4. The predicted octanol–water partition coefficient (Wildman–Crippen LogP) is 3.14. The highest BCUT2D eigenvalue weighted by Crippen LogP contribution is 2.23. The lowest BCUT2D eigenvalue weighted by molar-refractivity contribution is -0.385. The maximum Gasteiger partial charge on any atom is 0.272 e. The van der Waals surface area contributed by atoms with Gasteiger partial charge in [0.15, 0.2) is 0 Å². The Bertz CT molecular complexity index is 419. The summed E-state index contributed by atoms with van der Waals surface area (Å²) in [5.41, 5.74) is 4.55. The van der Waals surface area contributed by atoms with Crippen molar-refractivity contribution in [2.24, 2.45) is 5.92 Å². The van der Waals surface area contributed by atoms with Gasteiger partial charge in [0.05, 0.1) is 17.6 Å². The molecule has 0 aliphatic heterocycles. The minimum atomic E-state index is -0.361. The van der Waals surface area contributed by atoms with Gasteiger partial charge in [-0.05, 0) is 25.3 Å². The van der Waals surface area contributed by atoms with Crippen LogP contribution in [0.4, 0.5) is 5.69 Å². The highest BCUT2D eigenvalue weighted by Gasteiger charge is 2.14. The van der Waals surface area contributed by atoms with E-state index in [1.165, 1.54) is 0 Å². The lowest BCUT2D eigenvalue weighted by atomic mass is 10.1. The van der Waals surface area contributed by atoms with E-state index in [1.54, 1.807) is 19.1 Å². The summed E-state index contributed by atoms with van der Waals surface area (Å²) in [6.45, 7) is 8.37. The molecule has 0 fully saturated rings. The molecule has 0 aliphatic carbocycles. The molecule has 0 amide bonds. The minimum absolute atomic E-state index is 0.0805. The third kappa shape index (κ3) is 4.09. The van der Waals surface area contributed by atoms with Crippen molar-refractivity contribution in [3.8, 4) is 0 Å². The number of nitro groups is 1. The first-order chi connectivity index (χ1) is 8.41. The molecule has 0 aromatic heterocycles. The first-order valence-electron chi connectivity index (χ1n) is 6.04. The molecule has 1 aromatic carbocycles. The summed E-state index contributed by atoms with van der Waals surface area (Å²) in [6.07, 6.45) is 0. The van der Waals surface area contributed by atoms with Gasteiger partial charge in [0.25, 0.3) is 5.69 Å². The van der Waals surface area contributed by atoms with Crippen LogP contribution < -0.4 is 5.48 Å². The van der Waals surface area contributed by atoms with E-state index in [0.717, 1.165) is 5.56 Å². The van der Waals surface area contributed by atoms with Crippen molar-refractivity contribution in [3.05, 3.63) is 39.4 Å². The number of nitrogens with one attached hydrogen (secondary N) is 1. The van der Waals surface area contributed by atoms with Crippen LogP contribution in [0.2, 0.25) is 0 Å². The normalized spacial score (nSPS) is 12.7. The number of nitro benzene ring substituents is 1. The standard InChI is InChI=1S/C13H20N2O3/c1-9(2)8-18-14-11(4)12-6-5-10(3)13(7-12)15(16)17/h5-7,9,11,14H,8H2,1-4H3. The van der Waals surface area contributed by atoms with Crippen LogP contribution in [0.15, 0.2) is 18.2 Å². The Kier molecular flexibility index (Phi) is 5.25. The van der Waals surface area contributed by atoms with Crippen LogP contribution in [0.1, 0.15) is 37.9 Å². The van der Waals surface area contributed by atoms with Crippen molar-refractivity contribution in [3.63, 3.8) is 0 Å². The van der Waals surface area contributed by atoms with E-state index in [4.69, 9.17) is 4.84 Å². The number of hydrogen-bond donors (Lipinski definition) is 1. The van der Waals surface area contributed by atoms with Crippen LogP contribution >= 0.6 is 0 Å². The molecule has 1 unspecified atom stereocenters. The molecule has 0 heterocycles. The van der Waals surface area contributed by atoms with Crippen LogP contribution in [-0.2, 0) is 4.84 Å². The molecule has 1 N–H and O–H groups in total. The highest BCUT2D eigenvalue weighted by molar-refractivity contribution is 5.43. The second kappa shape index (κ2) is 6.47. The predicted molar refractivity (Wildman–Crippen MR) is 70.2 cm³/mol. The summed E-state index contributed by atoms with van der Waals surface area (Å²) < 4.78 is 0. The molecular formula is C13H20N2O3. The number of hydroxylamine groups is 1. The lowest BCUT2D eigenvalue weighted by Crippen LogP contribution is -2.21. The highest BCUT2D eigenvalue weighted by atomic mass is 16.6. The molecule has 1 atom stereocenters. The van der Waals surface area contributed by atoms with Crippen molar-refractivity contribution in [2.75, 3.05) is 6.61 Å². The summed E-state index contributed by atoms with van der Waals surface area (Å²) >= 11 is 0. The lowest BCUT2D eigenvalue weighted by Gasteiger charge is -2.15. The van der Waals surface area contributed by atoms with Gasteiger partial charge in [-0.15, -0.1) is 0 Å². The Morgan fingerprint density at radius 3 is 2.61 bits per heavy atom. The van der Waals surface area contributed by atoms with Gasteiger partial charge in [-0.2, -0.15) is 5.48 Å². The Morgan fingerprint density at radius 2 is 2.06 bits per heavy atom. The number of rotatable bonds is 6. The molecule has 0 saturated heterocycles. The van der Waals surface area contributed by atoms with Crippen LogP contribution in [-0.4, -0.2) is 11.5 Å². The maximum absolute atomic E-state index is 10.9. The average Bonchev–Trinajstić information content (AvgIpc) is 2.28. The van der Waals surface area contributed by atoms with Crippen molar-refractivity contribution in [1.82, 2.24) is 5.48 Å². The third-order valence-corrected chi connectivity index (χ3v) is 2.61. The fourth-order valence-corrected chi connectivity index (χ4v) is 1.50. The van der Waals surface area contributed by atoms with E-state index in [9.17, 15) is 10.1 Å². The topological polar surface area (TPSA) is 64.4 Å². The van der Waals surface area contributed by atoms with Crippen LogP contribution in [0.3, 0.4) is 0 Å². The Morgan fingerprint density at radius 1 is 1.39 bits per heavy atom. The number of benzene rings is 1. The summed E-state index contributed by atoms with van der Waals surface area (Å²) in [5, 5.41) is 10.9. The smallest absolute Gasteiger partial charge is 0.272 e. The zero-order chi connectivity index (χ0) is 13.7. The zero-order valence-electron chi connectivity index (χ0n) is 11.3. The van der Waals surface area contributed by atoms with Crippen LogP contribution in [0.5, 0.6) is 0 Å². The molecule has 18 heavy (non-hydrogen) atoms. The van der Waals surface area contributed by atoms with E-state index < -0.39 is 0 Å². The monoisotopic (exact) mass is 252 g/mol. The average molecular weight is 252 g/mol. The Hall–Kier alpha value is -1.46. The fourth-order valence-electron chi connectivity index (χ4n) is 1.50. The zero-order valence-corrected chi connectivity index (χ0v) is 11.3. The SMILES string of the molecule is Cc1ccc(C(C)NOCC(C)C)cc1[N+](=O)[O-]. The summed E-state index contributed by atoms with van der Waals surface area (Å²) in [5.74, 6) is 0.442. The van der Waals surface area contributed by atoms with E-state index in [1.807, 2.05) is 13.0 Å². The van der Waals surface area contributed by atoms with Crippen LogP contribution in [0, 0.1) is 23.0 Å². The van der Waals surface area contributed by atoms with E-state index >= 15 is 0 Å². The number of aryl methyl sites for hydroxylation is 1. The van der Waals surface area contributed by atoms with Gasteiger partial charge in [0.1, 0.15) is 0 Å². The third-order valence-electron chi connectivity index (χ3n) is 2.61. The molecule has 0 radical (unpaired) electrons. The second-order valence-electron chi connectivity index (χ2n) is 4.85. The largest absolute Gasteiger partial charge is 0.301 e. The Labute approximate surface area is 107 Å². The minimum Gasteiger partial charge on any atom is -0.301 e.